The summed E-state index contributed by atoms with van der Waals surface area (Å²) < 4.78 is 24.0. The van der Waals surface area contributed by atoms with Gasteiger partial charge in [0.15, 0.2) is 5.13 Å². The minimum absolute atomic E-state index is 0.0134. The molecule has 0 unspecified atom stereocenters. The number of aromatic nitrogens is 1. The fourth-order valence-electron chi connectivity index (χ4n) is 0.957. The molecular formula is C8H11N3O5S2. The van der Waals surface area contributed by atoms with Crippen LogP contribution < -0.4 is 10.0 Å². The topological polar surface area (TPSA) is 125 Å². The molecule has 0 aliphatic carbocycles. The van der Waals surface area contributed by atoms with E-state index in [2.05, 4.69) is 15.0 Å². The fourth-order valence-corrected chi connectivity index (χ4v) is 2.50. The third-order valence-corrected chi connectivity index (χ3v) is 3.09. The van der Waals surface area contributed by atoms with Crippen LogP contribution in [0.25, 0.3) is 0 Å². The van der Waals surface area contributed by atoms with Gasteiger partial charge in [-0.1, -0.05) is 0 Å². The zero-order valence-corrected chi connectivity index (χ0v) is 11.0. The van der Waals surface area contributed by atoms with E-state index in [9.17, 15) is 18.0 Å². The monoisotopic (exact) mass is 293 g/mol. The molecule has 100 valence electrons. The highest BCUT2D eigenvalue weighted by Crippen LogP contribution is 2.16. The van der Waals surface area contributed by atoms with E-state index < -0.39 is 21.9 Å². The summed E-state index contributed by atoms with van der Waals surface area (Å²) in [7, 11) is -3.43. The Labute approximate surface area is 107 Å². The van der Waals surface area contributed by atoms with Crippen molar-refractivity contribution in [3.05, 3.63) is 11.1 Å². The molecule has 3 N–H and O–H groups in total. The maximum absolute atomic E-state index is 11.5. The maximum Gasteiger partial charge on any atom is 0.305 e. The first-order chi connectivity index (χ1) is 8.28. The number of carboxylic acid groups (broad SMARTS) is 1. The van der Waals surface area contributed by atoms with Gasteiger partial charge in [0.2, 0.25) is 10.0 Å². The van der Waals surface area contributed by atoms with E-state index in [-0.39, 0.29) is 23.8 Å². The molecule has 0 saturated carbocycles. The Morgan fingerprint density at radius 3 is 2.72 bits per heavy atom. The third-order valence-electron chi connectivity index (χ3n) is 1.63. The van der Waals surface area contributed by atoms with Crippen LogP contribution in [0, 0.1) is 0 Å². The van der Waals surface area contributed by atoms with Crippen LogP contribution in [0.15, 0.2) is 5.38 Å². The maximum atomic E-state index is 11.5. The Bertz CT molecular complexity index is 551. The highest BCUT2D eigenvalue weighted by molar-refractivity contribution is 7.92. The van der Waals surface area contributed by atoms with Crippen molar-refractivity contribution >= 4 is 38.4 Å². The fraction of sp³-hybridized carbons (Fsp3) is 0.375. The van der Waals surface area contributed by atoms with E-state index in [1.54, 1.807) is 0 Å². The number of hydrogen-bond donors (Lipinski definition) is 3. The van der Waals surface area contributed by atoms with Crippen LogP contribution in [0.5, 0.6) is 0 Å². The highest BCUT2D eigenvalue weighted by atomic mass is 32.2. The number of carbonyl (C=O) groups excluding carboxylic acids is 1. The van der Waals surface area contributed by atoms with Gasteiger partial charge in [-0.25, -0.2) is 13.4 Å². The number of hydrogen-bond acceptors (Lipinski definition) is 6. The zero-order chi connectivity index (χ0) is 13.8. The standard InChI is InChI=1S/C8H11N3O5S2/c1-18(15,16)11-8-10-5(4-17-8)7(14)9-3-2-6(12)13/h4H,2-3H2,1H3,(H,9,14)(H,10,11)(H,12,13). The lowest BCUT2D eigenvalue weighted by molar-refractivity contribution is -0.136. The Balaban J connectivity index is 2.57. The number of thiazole rings is 1. The van der Waals surface area contributed by atoms with Crippen LogP contribution in [0.2, 0.25) is 0 Å². The van der Waals surface area contributed by atoms with Gasteiger partial charge in [-0.2, -0.15) is 0 Å². The molecule has 1 heterocycles. The molecule has 0 aliphatic rings. The minimum Gasteiger partial charge on any atom is -0.481 e. The van der Waals surface area contributed by atoms with Gasteiger partial charge in [0, 0.05) is 11.9 Å². The average molecular weight is 293 g/mol. The van der Waals surface area contributed by atoms with Crippen LogP contribution >= 0.6 is 11.3 Å². The van der Waals surface area contributed by atoms with E-state index >= 15 is 0 Å². The predicted octanol–water partition coefficient (Wildman–Crippen LogP) is -0.281. The molecule has 1 aromatic rings. The van der Waals surface area contributed by atoms with Crippen LogP contribution in [-0.4, -0.2) is 43.2 Å². The quantitative estimate of drug-likeness (QED) is 0.662. The molecule has 0 aliphatic heterocycles. The number of nitrogens with one attached hydrogen (secondary N) is 2. The molecule has 1 amide bonds. The van der Waals surface area contributed by atoms with Crippen molar-refractivity contribution in [2.75, 3.05) is 17.5 Å². The van der Waals surface area contributed by atoms with Crippen LogP contribution in [-0.2, 0) is 14.8 Å². The summed E-state index contributed by atoms with van der Waals surface area (Å²) in [5.74, 6) is -1.57. The zero-order valence-electron chi connectivity index (χ0n) is 9.34. The first-order valence-corrected chi connectivity index (χ1v) is 7.48. The van der Waals surface area contributed by atoms with E-state index in [4.69, 9.17) is 5.11 Å². The molecule has 1 aromatic heterocycles. The van der Waals surface area contributed by atoms with Crippen molar-refractivity contribution in [2.45, 2.75) is 6.42 Å². The number of sulfonamides is 1. The second-order valence-electron chi connectivity index (χ2n) is 3.31. The van der Waals surface area contributed by atoms with E-state index in [1.807, 2.05) is 0 Å². The summed E-state index contributed by atoms with van der Waals surface area (Å²) in [4.78, 5) is 25.5. The lowest BCUT2D eigenvalue weighted by Crippen LogP contribution is -2.26. The van der Waals surface area contributed by atoms with Gasteiger partial charge in [-0.15, -0.1) is 11.3 Å². The molecule has 0 bridgehead atoms. The number of amides is 1. The van der Waals surface area contributed by atoms with Gasteiger partial charge in [0.05, 0.1) is 12.7 Å². The molecule has 0 spiro atoms. The third kappa shape index (κ3) is 5.10. The largest absolute Gasteiger partial charge is 0.481 e. The number of carboxylic acids is 1. The van der Waals surface area contributed by atoms with Crippen molar-refractivity contribution in [3.63, 3.8) is 0 Å². The summed E-state index contributed by atoms with van der Waals surface area (Å²) in [6.07, 6.45) is 0.783. The first-order valence-electron chi connectivity index (χ1n) is 4.71. The van der Waals surface area contributed by atoms with Gasteiger partial charge in [-0.3, -0.25) is 14.3 Å². The summed E-state index contributed by atoms with van der Waals surface area (Å²) in [5, 5.41) is 12.2. The van der Waals surface area contributed by atoms with Gasteiger partial charge in [-0.05, 0) is 0 Å². The molecule has 10 heteroatoms. The Morgan fingerprint density at radius 1 is 1.50 bits per heavy atom. The molecule has 0 aromatic carbocycles. The van der Waals surface area contributed by atoms with Gasteiger partial charge in [0.1, 0.15) is 5.69 Å². The summed E-state index contributed by atoms with van der Waals surface area (Å²) >= 11 is 0.966. The number of nitrogens with zero attached hydrogens (tertiary/aromatic N) is 1. The van der Waals surface area contributed by atoms with Gasteiger partial charge in [0.25, 0.3) is 5.91 Å². The van der Waals surface area contributed by atoms with Crippen molar-refractivity contribution in [3.8, 4) is 0 Å². The summed E-state index contributed by atoms with van der Waals surface area (Å²) in [6.45, 7) is -0.0134. The second kappa shape index (κ2) is 5.78. The summed E-state index contributed by atoms with van der Waals surface area (Å²) in [5.41, 5.74) is 0.0385. The Kier molecular flexibility index (Phi) is 4.62. The van der Waals surface area contributed by atoms with Crippen LogP contribution in [0.3, 0.4) is 0 Å². The van der Waals surface area contributed by atoms with Crippen molar-refractivity contribution < 1.29 is 23.1 Å². The predicted molar refractivity (Wildman–Crippen MR) is 65.2 cm³/mol. The Morgan fingerprint density at radius 2 is 2.17 bits per heavy atom. The SMILES string of the molecule is CS(=O)(=O)Nc1nc(C(=O)NCCC(=O)O)cs1. The molecule has 0 fully saturated rings. The lowest BCUT2D eigenvalue weighted by Gasteiger charge is -2.00. The normalized spacial score (nSPS) is 10.9. The number of anilines is 1. The molecule has 0 radical (unpaired) electrons. The molecule has 0 saturated heterocycles. The average Bonchev–Trinajstić information content (AvgIpc) is 2.62. The lowest BCUT2D eigenvalue weighted by atomic mass is 10.4. The van der Waals surface area contributed by atoms with E-state index in [0.717, 1.165) is 17.6 Å². The van der Waals surface area contributed by atoms with Crippen molar-refractivity contribution in [1.82, 2.24) is 10.3 Å². The molecule has 1 rings (SSSR count). The Hall–Kier alpha value is -1.68. The van der Waals surface area contributed by atoms with Crippen LogP contribution in [0.1, 0.15) is 16.9 Å². The van der Waals surface area contributed by atoms with Gasteiger partial charge >= 0.3 is 5.97 Å². The van der Waals surface area contributed by atoms with Crippen molar-refractivity contribution in [1.29, 1.82) is 0 Å². The van der Waals surface area contributed by atoms with E-state index in [0.29, 0.717) is 0 Å². The number of rotatable bonds is 6. The first kappa shape index (κ1) is 14.4. The number of aliphatic carboxylic acids is 1. The summed E-state index contributed by atoms with van der Waals surface area (Å²) in [6, 6.07) is 0. The second-order valence-corrected chi connectivity index (χ2v) is 5.92. The number of carbonyl (C=O) groups is 2. The minimum atomic E-state index is -3.43. The highest BCUT2D eigenvalue weighted by Gasteiger charge is 2.12. The van der Waals surface area contributed by atoms with E-state index in [1.165, 1.54) is 5.38 Å². The molecular weight excluding hydrogens is 282 g/mol. The van der Waals surface area contributed by atoms with Crippen LogP contribution in [0.4, 0.5) is 5.13 Å². The molecule has 18 heavy (non-hydrogen) atoms. The molecule has 8 nitrogen and oxygen atoms in total. The van der Waals surface area contributed by atoms with Crippen molar-refractivity contribution in [2.24, 2.45) is 0 Å². The smallest absolute Gasteiger partial charge is 0.305 e. The van der Waals surface area contributed by atoms with Gasteiger partial charge < -0.3 is 10.4 Å². The molecule has 0 atom stereocenters.